The van der Waals surface area contributed by atoms with Gasteiger partial charge in [-0.2, -0.15) is 13.2 Å². The zero-order chi connectivity index (χ0) is 19.9. The third-order valence-corrected chi connectivity index (χ3v) is 5.10. The molecule has 148 valence electrons. The molecule has 1 saturated heterocycles. The van der Waals surface area contributed by atoms with Gasteiger partial charge in [-0.1, -0.05) is 0 Å². The number of fused-ring (bicyclic) bond motifs is 1. The van der Waals surface area contributed by atoms with E-state index >= 15 is 0 Å². The fourth-order valence-corrected chi connectivity index (χ4v) is 3.72. The largest absolute Gasteiger partial charge is 0.416 e. The molecule has 0 spiro atoms. The number of benzene rings is 2. The number of halogens is 4. The Morgan fingerprint density at radius 2 is 2.00 bits per heavy atom. The summed E-state index contributed by atoms with van der Waals surface area (Å²) in [4.78, 5) is 6.51. The van der Waals surface area contributed by atoms with Gasteiger partial charge in [0.15, 0.2) is 0 Å². The van der Waals surface area contributed by atoms with Crippen molar-refractivity contribution in [1.29, 1.82) is 0 Å². The van der Waals surface area contributed by atoms with Crippen molar-refractivity contribution in [3.63, 3.8) is 0 Å². The van der Waals surface area contributed by atoms with Gasteiger partial charge in [0, 0.05) is 38.4 Å². The molecule has 0 amide bonds. The van der Waals surface area contributed by atoms with Crippen LogP contribution >= 0.6 is 0 Å². The van der Waals surface area contributed by atoms with Crippen LogP contribution in [0, 0.1) is 5.82 Å². The first-order chi connectivity index (χ1) is 13.3. The van der Waals surface area contributed by atoms with Crippen LogP contribution in [0.2, 0.25) is 0 Å². The molecular formula is C20H20F4N4. The summed E-state index contributed by atoms with van der Waals surface area (Å²) in [7, 11) is 1.93. The fraction of sp³-hybridized carbons (Fsp3) is 0.350. The third-order valence-electron chi connectivity index (χ3n) is 5.10. The van der Waals surface area contributed by atoms with Crippen molar-refractivity contribution >= 4 is 16.7 Å². The van der Waals surface area contributed by atoms with Crippen molar-refractivity contribution in [2.45, 2.75) is 18.6 Å². The number of piperazine rings is 1. The molecule has 3 aromatic rings. The Morgan fingerprint density at radius 1 is 1.18 bits per heavy atom. The van der Waals surface area contributed by atoms with E-state index in [0.29, 0.717) is 31.1 Å². The topological polar surface area (TPSA) is 33.1 Å². The van der Waals surface area contributed by atoms with E-state index in [-0.39, 0.29) is 6.04 Å². The van der Waals surface area contributed by atoms with Crippen LogP contribution in [0.5, 0.6) is 0 Å². The lowest BCUT2D eigenvalue weighted by Crippen LogP contribution is -2.51. The van der Waals surface area contributed by atoms with Crippen molar-refractivity contribution in [3.8, 4) is 0 Å². The first kappa shape index (κ1) is 18.7. The van der Waals surface area contributed by atoms with Crippen LogP contribution in [0.3, 0.4) is 0 Å². The average Bonchev–Trinajstić information content (AvgIpc) is 3.01. The summed E-state index contributed by atoms with van der Waals surface area (Å²) in [6.45, 7) is 2.12. The molecule has 4 nitrogen and oxygen atoms in total. The van der Waals surface area contributed by atoms with E-state index in [1.165, 1.54) is 6.07 Å². The maximum Gasteiger partial charge on any atom is 0.416 e. The van der Waals surface area contributed by atoms with E-state index in [0.717, 1.165) is 29.3 Å². The van der Waals surface area contributed by atoms with Crippen molar-refractivity contribution in [1.82, 2.24) is 14.9 Å². The molecule has 2 heterocycles. The van der Waals surface area contributed by atoms with Crippen LogP contribution in [0.4, 0.5) is 23.2 Å². The molecule has 28 heavy (non-hydrogen) atoms. The Kier molecular flexibility index (Phi) is 4.74. The van der Waals surface area contributed by atoms with Gasteiger partial charge in [0.2, 0.25) is 0 Å². The summed E-state index contributed by atoms with van der Waals surface area (Å²) in [5.74, 6) is -0.862. The van der Waals surface area contributed by atoms with Gasteiger partial charge in [-0.15, -0.1) is 0 Å². The molecule has 0 unspecified atom stereocenters. The molecule has 2 aromatic carbocycles. The molecule has 0 radical (unpaired) electrons. The Morgan fingerprint density at radius 3 is 2.79 bits per heavy atom. The summed E-state index contributed by atoms with van der Waals surface area (Å²) in [5.41, 5.74) is 2.37. The molecule has 1 atom stereocenters. The van der Waals surface area contributed by atoms with Crippen LogP contribution in [-0.4, -0.2) is 35.2 Å². The van der Waals surface area contributed by atoms with Crippen LogP contribution in [0.25, 0.3) is 11.0 Å². The Labute approximate surface area is 159 Å². The zero-order valence-electron chi connectivity index (χ0n) is 15.3. The highest BCUT2D eigenvalue weighted by Crippen LogP contribution is 2.31. The number of hydrogen-bond acceptors (Lipinski definition) is 3. The van der Waals surface area contributed by atoms with Gasteiger partial charge in [-0.25, -0.2) is 9.37 Å². The maximum atomic E-state index is 13.7. The molecule has 0 saturated carbocycles. The highest BCUT2D eigenvalue weighted by Gasteiger charge is 2.31. The Bertz CT molecular complexity index is 996. The van der Waals surface area contributed by atoms with Crippen molar-refractivity contribution in [2.24, 2.45) is 7.05 Å². The van der Waals surface area contributed by atoms with E-state index in [1.807, 2.05) is 23.7 Å². The molecule has 1 fully saturated rings. The molecule has 1 aliphatic heterocycles. The minimum atomic E-state index is -4.55. The predicted molar refractivity (Wildman–Crippen MR) is 99.8 cm³/mol. The molecule has 0 aliphatic carbocycles. The molecule has 1 aromatic heterocycles. The van der Waals surface area contributed by atoms with Crippen LogP contribution in [-0.2, 0) is 19.6 Å². The van der Waals surface area contributed by atoms with E-state index < -0.39 is 17.6 Å². The normalized spacial score (nSPS) is 18.0. The first-order valence-corrected chi connectivity index (χ1v) is 9.06. The minimum absolute atomic E-state index is 0.0705. The standard InChI is InChI=1S/C20H20F4N4/c1-27-12-26-18-3-2-17(10-19(18)27)28-5-4-25-16(11-28)8-13-6-14(20(22,23)24)9-15(21)7-13/h2-3,6-7,9-10,12,16,25H,4-5,8,11H2,1H3/t16-/m0/s1. The summed E-state index contributed by atoms with van der Waals surface area (Å²) >= 11 is 0. The number of aryl methyl sites for hydroxylation is 1. The number of aromatic nitrogens is 2. The maximum absolute atomic E-state index is 13.7. The second-order valence-electron chi connectivity index (χ2n) is 7.18. The van der Waals surface area contributed by atoms with Gasteiger partial charge in [0.05, 0.1) is 22.9 Å². The molecule has 0 bridgehead atoms. The monoisotopic (exact) mass is 392 g/mol. The summed E-state index contributed by atoms with van der Waals surface area (Å²) in [5, 5.41) is 3.33. The fourth-order valence-electron chi connectivity index (χ4n) is 3.72. The number of rotatable bonds is 3. The van der Waals surface area contributed by atoms with Gasteiger partial charge in [0.25, 0.3) is 0 Å². The average molecular weight is 392 g/mol. The highest BCUT2D eigenvalue weighted by atomic mass is 19.4. The zero-order valence-corrected chi connectivity index (χ0v) is 15.3. The minimum Gasteiger partial charge on any atom is -0.369 e. The highest BCUT2D eigenvalue weighted by molar-refractivity contribution is 5.79. The van der Waals surface area contributed by atoms with Crippen LogP contribution in [0.1, 0.15) is 11.1 Å². The second kappa shape index (κ2) is 7.09. The molecule has 1 N–H and O–H groups in total. The Balaban J connectivity index is 1.52. The smallest absolute Gasteiger partial charge is 0.369 e. The van der Waals surface area contributed by atoms with Gasteiger partial charge in [-0.3, -0.25) is 0 Å². The van der Waals surface area contributed by atoms with Gasteiger partial charge in [-0.05, 0) is 48.4 Å². The second-order valence-corrected chi connectivity index (χ2v) is 7.18. The summed E-state index contributed by atoms with van der Waals surface area (Å²) < 4.78 is 54.5. The first-order valence-electron chi connectivity index (χ1n) is 9.06. The van der Waals surface area contributed by atoms with Gasteiger partial charge in [0.1, 0.15) is 5.82 Å². The lowest BCUT2D eigenvalue weighted by molar-refractivity contribution is -0.137. The van der Waals surface area contributed by atoms with Crippen molar-refractivity contribution < 1.29 is 17.6 Å². The van der Waals surface area contributed by atoms with Crippen LogP contribution in [0.15, 0.2) is 42.7 Å². The number of hydrogen-bond donors (Lipinski definition) is 1. The van der Waals surface area contributed by atoms with Gasteiger partial charge < -0.3 is 14.8 Å². The van der Waals surface area contributed by atoms with E-state index in [4.69, 9.17) is 0 Å². The molecule has 4 rings (SSSR count). The van der Waals surface area contributed by atoms with E-state index in [9.17, 15) is 17.6 Å². The van der Waals surface area contributed by atoms with E-state index in [1.54, 1.807) is 6.33 Å². The number of alkyl halides is 3. The van der Waals surface area contributed by atoms with Crippen LogP contribution < -0.4 is 10.2 Å². The Hall–Kier alpha value is -2.61. The number of imidazole rings is 1. The molecule has 1 aliphatic rings. The number of nitrogens with zero attached hydrogens (tertiary/aromatic N) is 3. The number of nitrogens with one attached hydrogen (secondary N) is 1. The lowest BCUT2D eigenvalue weighted by Gasteiger charge is -2.35. The quantitative estimate of drug-likeness (QED) is 0.690. The lowest BCUT2D eigenvalue weighted by atomic mass is 10.0. The van der Waals surface area contributed by atoms with Crippen molar-refractivity contribution in [2.75, 3.05) is 24.5 Å². The van der Waals surface area contributed by atoms with Crippen molar-refractivity contribution in [3.05, 3.63) is 59.7 Å². The third kappa shape index (κ3) is 3.82. The molecule has 8 heteroatoms. The SMILES string of the molecule is Cn1cnc2ccc(N3CCN[C@@H](Cc4cc(F)cc(C(F)(F)F)c4)C3)cc21. The summed E-state index contributed by atoms with van der Waals surface area (Å²) in [6, 6.07) is 8.70. The predicted octanol–water partition coefficient (Wildman–Crippen LogP) is 3.75. The van der Waals surface area contributed by atoms with E-state index in [2.05, 4.69) is 21.3 Å². The van der Waals surface area contributed by atoms with Gasteiger partial charge >= 0.3 is 6.18 Å². The summed E-state index contributed by atoms with van der Waals surface area (Å²) in [6.07, 6.45) is -2.47. The molecular weight excluding hydrogens is 372 g/mol. The number of anilines is 1.